The van der Waals surface area contributed by atoms with Crippen molar-refractivity contribution in [3.63, 3.8) is 0 Å². The maximum atomic E-state index is 13.0. The van der Waals surface area contributed by atoms with Crippen LogP contribution in [0.5, 0.6) is 0 Å². The first-order chi connectivity index (χ1) is 14.1. The monoisotopic (exact) mass is 424 g/mol. The molecule has 1 N–H and O–H groups in total. The molecule has 1 saturated heterocycles. The number of alkyl halides is 3. The van der Waals surface area contributed by atoms with E-state index >= 15 is 0 Å². The van der Waals surface area contributed by atoms with Crippen LogP contribution in [0.15, 0.2) is 48.5 Å². The highest BCUT2D eigenvalue weighted by Gasteiger charge is 2.36. The lowest BCUT2D eigenvalue weighted by molar-refractivity contribution is -0.151. The molecule has 0 aromatic heterocycles. The quantitative estimate of drug-likeness (QED) is 0.590. The Labute approximate surface area is 168 Å². The molecule has 30 heavy (non-hydrogen) atoms. The standard InChI is InChI=1S/C20H16F4N2O4/c21-14-4-6-16(7-5-14)26-10-12(8-18(26)28)19(29)30-11-17(27)25-15-3-1-2-13(9-15)20(22,23)24/h1-7,9,12H,8,10-11H2,(H,25,27)/t12-/m1/s1. The van der Waals surface area contributed by atoms with Crippen LogP contribution in [0.2, 0.25) is 0 Å². The summed E-state index contributed by atoms with van der Waals surface area (Å²) in [7, 11) is 0. The lowest BCUT2D eigenvalue weighted by Crippen LogP contribution is -2.28. The molecule has 158 valence electrons. The number of esters is 1. The van der Waals surface area contributed by atoms with Crippen molar-refractivity contribution in [2.24, 2.45) is 5.92 Å². The fourth-order valence-corrected chi connectivity index (χ4v) is 2.96. The molecule has 0 unspecified atom stereocenters. The molecule has 10 heteroatoms. The molecule has 3 rings (SSSR count). The first-order valence-electron chi connectivity index (χ1n) is 8.83. The molecule has 0 bridgehead atoms. The predicted octanol–water partition coefficient (Wildman–Crippen LogP) is 3.38. The molecule has 1 fully saturated rings. The predicted molar refractivity (Wildman–Crippen MR) is 97.9 cm³/mol. The summed E-state index contributed by atoms with van der Waals surface area (Å²) in [5.41, 5.74) is -0.592. The molecule has 1 aliphatic heterocycles. The molecule has 0 spiro atoms. The van der Waals surface area contributed by atoms with E-state index in [0.29, 0.717) is 5.69 Å². The van der Waals surface area contributed by atoms with Gasteiger partial charge in [0.05, 0.1) is 11.5 Å². The number of amides is 2. The fraction of sp³-hybridized carbons (Fsp3) is 0.250. The maximum absolute atomic E-state index is 13.0. The Kier molecular flexibility index (Phi) is 6.04. The Morgan fingerprint density at radius 3 is 2.50 bits per heavy atom. The van der Waals surface area contributed by atoms with Crippen molar-refractivity contribution in [1.82, 2.24) is 0 Å². The van der Waals surface area contributed by atoms with Crippen LogP contribution >= 0.6 is 0 Å². The minimum atomic E-state index is -4.56. The van der Waals surface area contributed by atoms with Crippen molar-refractivity contribution in [2.45, 2.75) is 12.6 Å². The van der Waals surface area contributed by atoms with Gasteiger partial charge in [0.15, 0.2) is 6.61 Å². The molecule has 2 amide bonds. The summed E-state index contributed by atoms with van der Waals surface area (Å²) in [6.07, 6.45) is -4.69. The third-order valence-corrected chi connectivity index (χ3v) is 4.42. The number of anilines is 2. The smallest absolute Gasteiger partial charge is 0.416 e. The van der Waals surface area contributed by atoms with Gasteiger partial charge >= 0.3 is 12.1 Å². The summed E-state index contributed by atoms with van der Waals surface area (Å²) in [5.74, 6) is -3.23. The number of ether oxygens (including phenoxy) is 1. The highest BCUT2D eigenvalue weighted by atomic mass is 19.4. The van der Waals surface area contributed by atoms with Crippen LogP contribution in [-0.4, -0.2) is 30.9 Å². The summed E-state index contributed by atoms with van der Waals surface area (Å²) in [6, 6.07) is 9.21. The number of hydrogen-bond donors (Lipinski definition) is 1. The van der Waals surface area contributed by atoms with Crippen LogP contribution in [0.1, 0.15) is 12.0 Å². The Morgan fingerprint density at radius 1 is 1.13 bits per heavy atom. The third-order valence-electron chi connectivity index (χ3n) is 4.42. The minimum Gasteiger partial charge on any atom is -0.455 e. The van der Waals surface area contributed by atoms with Gasteiger partial charge in [-0.2, -0.15) is 13.2 Å². The highest BCUT2D eigenvalue weighted by molar-refractivity contribution is 6.00. The molecule has 6 nitrogen and oxygen atoms in total. The SMILES string of the molecule is O=C(COC(=O)[C@@H]1CC(=O)N(c2ccc(F)cc2)C1)Nc1cccc(C(F)(F)F)c1. The number of benzene rings is 2. The van der Waals surface area contributed by atoms with Gasteiger partial charge in [0.2, 0.25) is 5.91 Å². The van der Waals surface area contributed by atoms with E-state index in [2.05, 4.69) is 5.32 Å². The van der Waals surface area contributed by atoms with Gasteiger partial charge in [-0.3, -0.25) is 14.4 Å². The number of carbonyl (C=O) groups excluding carboxylic acids is 3. The van der Waals surface area contributed by atoms with Crippen molar-refractivity contribution < 1.29 is 36.7 Å². The van der Waals surface area contributed by atoms with E-state index in [9.17, 15) is 31.9 Å². The largest absolute Gasteiger partial charge is 0.455 e. The molecule has 1 heterocycles. The zero-order chi connectivity index (χ0) is 21.9. The molecule has 0 radical (unpaired) electrons. The van der Waals surface area contributed by atoms with Gasteiger partial charge in [-0.25, -0.2) is 4.39 Å². The van der Waals surface area contributed by atoms with Gasteiger partial charge in [-0.05, 0) is 42.5 Å². The van der Waals surface area contributed by atoms with Crippen molar-refractivity contribution in [1.29, 1.82) is 0 Å². The Balaban J connectivity index is 1.52. The van der Waals surface area contributed by atoms with Gasteiger partial charge in [0.25, 0.3) is 5.91 Å². The normalized spacial score (nSPS) is 16.5. The van der Waals surface area contributed by atoms with Crippen LogP contribution < -0.4 is 10.2 Å². The van der Waals surface area contributed by atoms with Gasteiger partial charge in [0.1, 0.15) is 5.82 Å². The number of rotatable bonds is 5. The maximum Gasteiger partial charge on any atom is 0.416 e. The molecular formula is C20H16F4N2O4. The summed E-state index contributed by atoms with van der Waals surface area (Å²) >= 11 is 0. The molecule has 0 aliphatic carbocycles. The molecule has 2 aromatic rings. The fourth-order valence-electron chi connectivity index (χ4n) is 2.96. The highest BCUT2D eigenvalue weighted by Crippen LogP contribution is 2.30. The number of nitrogens with one attached hydrogen (secondary N) is 1. The number of carbonyl (C=O) groups is 3. The summed E-state index contributed by atoms with van der Waals surface area (Å²) in [5, 5.41) is 2.22. The van der Waals surface area contributed by atoms with Crippen LogP contribution in [0.25, 0.3) is 0 Å². The van der Waals surface area contributed by atoms with E-state index in [0.717, 1.165) is 18.2 Å². The van der Waals surface area contributed by atoms with E-state index in [1.165, 1.54) is 35.2 Å². The van der Waals surface area contributed by atoms with Crippen molar-refractivity contribution in [3.05, 3.63) is 59.9 Å². The van der Waals surface area contributed by atoms with E-state index in [1.807, 2.05) is 0 Å². The van der Waals surface area contributed by atoms with Crippen molar-refractivity contribution in [3.8, 4) is 0 Å². The zero-order valence-electron chi connectivity index (χ0n) is 15.4. The average molecular weight is 424 g/mol. The second-order valence-electron chi connectivity index (χ2n) is 6.62. The first kappa shape index (κ1) is 21.3. The summed E-state index contributed by atoms with van der Waals surface area (Å²) in [6.45, 7) is -0.700. The lowest BCUT2D eigenvalue weighted by atomic mass is 10.1. The van der Waals surface area contributed by atoms with E-state index in [-0.39, 0.29) is 24.6 Å². The van der Waals surface area contributed by atoms with Crippen LogP contribution in [-0.2, 0) is 25.3 Å². The second-order valence-corrected chi connectivity index (χ2v) is 6.62. The van der Waals surface area contributed by atoms with Crippen LogP contribution in [0, 0.1) is 11.7 Å². The van der Waals surface area contributed by atoms with Gasteiger partial charge in [-0.15, -0.1) is 0 Å². The summed E-state index contributed by atoms with van der Waals surface area (Å²) in [4.78, 5) is 37.5. The topological polar surface area (TPSA) is 75.7 Å². The number of halogens is 4. The molecule has 0 saturated carbocycles. The number of hydrogen-bond acceptors (Lipinski definition) is 4. The first-order valence-corrected chi connectivity index (χ1v) is 8.83. The second kappa shape index (κ2) is 8.52. The zero-order valence-corrected chi connectivity index (χ0v) is 15.4. The lowest BCUT2D eigenvalue weighted by Gasteiger charge is -2.16. The van der Waals surface area contributed by atoms with E-state index < -0.39 is 42.0 Å². The van der Waals surface area contributed by atoms with Crippen LogP contribution in [0.3, 0.4) is 0 Å². The third kappa shape index (κ3) is 5.13. The van der Waals surface area contributed by atoms with E-state index in [1.54, 1.807) is 0 Å². The van der Waals surface area contributed by atoms with Gasteiger partial charge in [-0.1, -0.05) is 6.07 Å². The molecule has 2 aromatic carbocycles. The number of nitrogens with zero attached hydrogens (tertiary/aromatic N) is 1. The van der Waals surface area contributed by atoms with Gasteiger partial charge in [0, 0.05) is 24.3 Å². The Bertz CT molecular complexity index is 960. The van der Waals surface area contributed by atoms with Gasteiger partial charge < -0.3 is 15.0 Å². The van der Waals surface area contributed by atoms with Crippen molar-refractivity contribution in [2.75, 3.05) is 23.4 Å². The Morgan fingerprint density at radius 2 is 1.83 bits per heavy atom. The Hall–Kier alpha value is -3.43. The summed E-state index contributed by atoms with van der Waals surface area (Å²) < 4.78 is 56.0. The van der Waals surface area contributed by atoms with Crippen LogP contribution in [0.4, 0.5) is 28.9 Å². The molecular weight excluding hydrogens is 408 g/mol. The molecule has 1 aliphatic rings. The van der Waals surface area contributed by atoms with E-state index in [4.69, 9.17) is 4.74 Å². The minimum absolute atomic E-state index is 0.0124. The average Bonchev–Trinajstić information content (AvgIpc) is 3.08. The molecule has 1 atom stereocenters. The van der Waals surface area contributed by atoms with Crippen molar-refractivity contribution >= 4 is 29.2 Å².